The van der Waals surface area contributed by atoms with Crippen molar-refractivity contribution in [2.75, 3.05) is 33.2 Å². The van der Waals surface area contributed by atoms with Crippen molar-refractivity contribution in [2.24, 2.45) is 5.73 Å². The summed E-state index contributed by atoms with van der Waals surface area (Å²) in [5.74, 6) is 0. The van der Waals surface area contributed by atoms with Gasteiger partial charge in [0.25, 0.3) is 0 Å². The second-order valence-electron chi connectivity index (χ2n) is 5.20. The minimum atomic E-state index is 0.369. The van der Waals surface area contributed by atoms with Crippen LogP contribution in [-0.2, 0) is 0 Å². The maximum Gasteiger partial charge on any atom is 0.0471 e. The average molecular weight is 247 g/mol. The summed E-state index contributed by atoms with van der Waals surface area (Å²) in [5, 5.41) is 0. The quantitative estimate of drug-likeness (QED) is 0.879. The fourth-order valence-corrected chi connectivity index (χ4v) is 2.87. The molecule has 1 heterocycles. The van der Waals surface area contributed by atoms with Gasteiger partial charge in [-0.15, -0.1) is 0 Å². The van der Waals surface area contributed by atoms with Crippen molar-refractivity contribution in [3.63, 3.8) is 0 Å². The van der Waals surface area contributed by atoms with Gasteiger partial charge in [0.1, 0.15) is 0 Å². The molecule has 1 saturated heterocycles. The van der Waals surface area contributed by atoms with Crippen LogP contribution in [0.4, 0.5) is 0 Å². The number of nitrogens with zero attached hydrogens (tertiary/aromatic N) is 2. The van der Waals surface area contributed by atoms with E-state index in [0.717, 1.165) is 19.6 Å². The van der Waals surface area contributed by atoms with E-state index in [9.17, 15) is 0 Å². The summed E-state index contributed by atoms with van der Waals surface area (Å²) in [7, 11) is 2.23. The van der Waals surface area contributed by atoms with Crippen LogP contribution >= 0.6 is 0 Å². The van der Waals surface area contributed by atoms with Crippen molar-refractivity contribution in [2.45, 2.75) is 25.4 Å². The maximum absolute atomic E-state index is 6.00. The number of piperazine rings is 1. The van der Waals surface area contributed by atoms with Gasteiger partial charge in [-0.1, -0.05) is 37.3 Å². The Hall–Kier alpha value is -0.900. The second-order valence-corrected chi connectivity index (χ2v) is 5.20. The topological polar surface area (TPSA) is 32.5 Å². The molecule has 18 heavy (non-hydrogen) atoms. The Morgan fingerprint density at radius 2 is 2.00 bits per heavy atom. The number of hydrogen-bond acceptors (Lipinski definition) is 3. The largest absolute Gasteiger partial charge is 0.329 e. The Kier molecular flexibility index (Phi) is 4.75. The van der Waals surface area contributed by atoms with Gasteiger partial charge in [0.05, 0.1) is 0 Å². The average Bonchev–Trinajstić information content (AvgIpc) is 2.42. The highest BCUT2D eigenvalue weighted by Gasteiger charge is 2.27. The number of hydrogen-bond donors (Lipinski definition) is 1. The lowest BCUT2D eigenvalue weighted by molar-refractivity contribution is 0.0644. The molecular formula is C15H25N3. The summed E-state index contributed by atoms with van der Waals surface area (Å²) in [6.07, 6.45) is 1.21. The van der Waals surface area contributed by atoms with Gasteiger partial charge < -0.3 is 10.6 Å². The number of rotatable bonds is 4. The molecule has 1 aromatic carbocycles. The molecule has 100 valence electrons. The van der Waals surface area contributed by atoms with Crippen molar-refractivity contribution in [3.05, 3.63) is 35.9 Å². The van der Waals surface area contributed by atoms with Crippen LogP contribution < -0.4 is 5.73 Å². The Bertz CT molecular complexity index is 352. The summed E-state index contributed by atoms with van der Waals surface area (Å²) in [5.41, 5.74) is 7.35. The lowest BCUT2D eigenvalue weighted by Crippen LogP contribution is -2.53. The Labute approximate surface area is 111 Å². The minimum absolute atomic E-state index is 0.369. The molecule has 2 rings (SSSR count). The molecule has 0 amide bonds. The van der Waals surface area contributed by atoms with Crippen molar-refractivity contribution < 1.29 is 0 Å². The molecular weight excluding hydrogens is 222 g/mol. The van der Waals surface area contributed by atoms with E-state index in [0.29, 0.717) is 18.6 Å². The molecule has 1 fully saturated rings. The number of nitrogens with two attached hydrogens (primary N) is 1. The molecule has 1 aromatic rings. The van der Waals surface area contributed by atoms with Crippen LogP contribution in [0.2, 0.25) is 0 Å². The van der Waals surface area contributed by atoms with E-state index in [1.54, 1.807) is 0 Å². The molecule has 3 nitrogen and oxygen atoms in total. The lowest BCUT2D eigenvalue weighted by atomic mass is 10.0. The Morgan fingerprint density at radius 3 is 2.61 bits per heavy atom. The first kappa shape index (κ1) is 13.5. The molecule has 0 saturated carbocycles. The summed E-state index contributed by atoms with van der Waals surface area (Å²) < 4.78 is 0. The first-order valence-electron chi connectivity index (χ1n) is 6.95. The molecule has 0 aliphatic carbocycles. The van der Waals surface area contributed by atoms with Crippen LogP contribution in [0, 0.1) is 0 Å². The third-order valence-electron chi connectivity index (χ3n) is 4.13. The van der Waals surface area contributed by atoms with Crippen LogP contribution in [0.1, 0.15) is 24.9 Å². The van der Waals surface area contributed by atoms with Crippen LogP contribution in [-0.4, -0.2) is 49.1 Å². The highest BCUT2D eigenvalue weighted by molar-refractivity contribution is 5.19. The lowest BCUT2D eigenvalue weighted by Gasteiger charge is -2.42. The Balaban J connectivity index is 2.09. The highest BCUT2D eigenvalue weighted by atomic mass is 15.3. The monoisotopic (exact) mass is 247 g/mol. The normalized spacial score (nSPS) is 24.1. The fraction of sp³-hybridized carbons (Fsp3) is 0.600. The molecule has 3 heteroatoms. The molecule has 0 aromatic heterocycles. The van der Waals surface area contributed by atoms with Gasteiger partial charge in [-0.05, 0) is 19.0 Å². The van der Waals surface area contributed by atoms with Crippen molar-refractivity contribution in [1.29, 1.82) is 0 Å². The van der Waals surface area contributed by atoms with E-state index in [2.05, 4.69) is 54.1 Å². The van der Waals surface area contributed by atoms with E-state index in [4.69, 9.17) is 5.73 Å². The zero-order chi connectivity index (χ0) is 13.0. The van der Waals surface area contributed by atoms with E-state index in [1.165, 1.54) is 12.0 Å². The molecule has 2 N–H and O–H groups in total. The molecule has 0 bridgehead atoms. The summed E-state index contributed by atoms with van der Waals surface area (Å²) in [4.78, 5) is 5.01. The molecule has 2 unspecified atom stereocenters. The van der Waals surface area contributed by atoms with Crippen molar-refractivity contribution in [1.82, 2.24) is 9.80 Å². The van der Waals surface area contributed by atoms with Gasteiger partial charge in [-0.25, -0.2) is 0 Å². The number of likely N-dealkylation sites (N-methyl/N-ethyl adjacent to an activating group) is 1. The fourth-order valence-electron chi connectivity index (χ4n) is 2.87. The molecule has 0 radical (unpaired) electrons. The van der Waals surface area contributed by atoms with Gasteiger partial charge in [0.15, 0.2) is 0 Å². The van der Waals surface area contributed by atoms with Gasteiger partial charge in [-0.2, -0.15) is 0 Å². The van der Waals surface area contributed by atoms with E-state index in [1.807, 2.05) is 0 Å². The summed E-state index contributed by atoms with van der Waals surface area (Å²) >= 11 is 0. The second kappa shape index (κ2) is 6.32. The first-order chi connectivity index (χ1) is 8.76. The molecule has 0 spiro atoms. The summed E-state index contributed by atoms with van der Waals surface area (Å²) in [6.45, 7) is 6.35. The maximum atomic E-state index is 6.00. The predicted molar refractivity (Wildman–Crippen MR) is 76.5 cm³/mol. The zero-order valence-electron chi connectivity index (χ0n) is 11.5. The van der Waals surface area contributed by atoms with Crippen LogP contribution in [0.15, 0.2) is 30.3 Å². The van der Waals surface area contributed by atoms with Gasteiger partial charge in [-0.3, -0.25) is 4.90 Å². The van der Waals surface area contributed by atoms with Crippen molar-refractivity contribution >= 4 is 0 Å². The number of benzene rings is 1. The molecule has 2 atom stereocenters. The third-order valence-corrected chi connectivity index (χ3v) is 4.13. The van der Waals surface area contributed by atoms with E-state index >= 15 is 0 Å². The van der Waals surface area contributed by atoms with Crippen LogP contribution in [0.3, 0.4) is 0 Å². The smallest absolute Gasteiger partial charge is 0.0471 e. The Morgan fingerprint density at radius 1 is 1.28 bits per heavy atom. The van der Waals surface area contributed by atoms with Gasteiger partial charge in [0, 0.05) is 38.3 Å². The molecule has 1 aliphatic rings. The van der Waals surface area contributed by atoms with E-state index in [-0.39, 0.29) is 0 Å². The van der Waals surface area contributed by atoms with E-state index < -0.39 is 0 Å². The highest BCUT2D eigenvalue weighted by Crippen LogP contribution is 2.23. The van der Waals surface area contributed by atoms with Crippen LogP contribution in [0.25, 0.3) is 0 Å². The van der Waals surface area contributed by atoms with Crippen LogP contribution in [0.5, 0.6) is 0 Å². The zero-order valence-corrected chi connectivity index (χ0v) is 11.5. The van der Waals surface area contributed by atoms with Gasteiger partial charge in [0.2, 0.25) is 0 Å². The molecule has 1 aliphatic heterocycles. The SMILES string of the molecule is CCC1CN(C(CN)c2ccccc2)CCN1C. The van der Waals surface area contributed by atoms with Crippen molar-refractivity contribution in [3.8, 4) is 0 Å². The minimum Gasteiger partial charge on any atom is -0.329 e. The standard InChI is InChI=1S/C15H25N3/c1-3-14-12-18(10-9-17(14)2)15(11-16)13-7-5-4-6-8-13/h4-8,14-15H,3,9-12,16H2,1-2H3. The van der Waals surface area contributed by atoms with Gasteiger partial charge >= 0.3 is 0 Å². The first-order valence-corrected chi connectivity index (χ1v) is 6.95. The third kappa shape index (κ3) is 2.91. The predicted octanol–water partition coefficient (Wildman–Crippen LogP) is 1.71. The summed E-state index contributed by atoms with van der Waals surface area (Å²) in [6, 6.07) is 11.7.